The maximum absolute atomic E-state index is 13.0. The van der Waals surface area contributed by atoms with E-state index in [1.54, 1.807) is 42.2 Å². The Balaban J connectivity index is 1.34. The lowest BCUT2D eigenvalue weighted by molar-refractivity contribution is 0.102. The number of nitrogens with one attached hydrogen (secondary N) is 2. The van der Waals surface area contributed by atoms with E-state index in [0.29, 0.717) is 28.4 Å². The van der Waals surface area contributed by atoms with Crippen LogP contribution in [0.4, 0.5) is 11.4 Å². The molecule has 0 aliphatic rings. The zero-order valence-electron chi connectivity index (χ0n) is 18.2. The summed E-state index contributed by atoms with van der Waals surface area (Å²) in [7, 11) is 0. The minimum atomic E-state index is -0.324. The highest BCUT2D eigenvalue weighted by Crippen LogP contribution is 2.26. The van der Waals surface area contributed by atoms with Crippen molar-refractivity contribution in [2.24, 2.45) is 0 Å². The molecule has 4 aromatic heterocycles. The molecule has 0 aliphatic carbocycles. The highest BCUT2D eigenvalue weighted by atomic mass is 32.1. The Morgan fingerprint density at radius 3 is 2.59 bits per heavy atom. The van der Waals surface area contributed by atoms with Crippen LogP contribution in [-0.2, 0) is 6.54 Å². The smallest absolute Gasteiger partial charge is 0.267 e. The molecular formula is C25H20N6O2S. The molecule has 5 aromatic rings. The molecule has 9 heteroatoms. The van der Waals surface area contributed by atoms with E-state index in [1.165, 1.54) is 11.3 Å². The van der Waals surface area contributed by atoms with Gasteiger partial charge in [-0.1, -0.05) is 30.3 Å². The van der Waals surface area contributed by atoms with Crippen LogP contribution in [0.1, 0.15) is 31.3 Å². The minimum absolute atomic E-state index is 0.306. The Morgan fingerprint density at radius 2 is 1.79 bits per heavy atom. The highest BCUT2D eigenvalue weighted by molar-refractivity contribution is 7.12. The predicted molar refractivity (Wildman–Crippen MR) is 132 cm³/mol. The number of nitrogens with zero attached hydrogens (tertiary/aromatic N) is 4. The average Bonchev–Trinajstić information content (AvgIpc) is 3.44. The van der Waals surface area contributed by atoms with Gasteiger partial charge in [0.25, 0.3) is 11.8 Å². The SMILES string of the molecule is Cc1nn(Cc2ccccc2)c2ncc(NC(=O)c3sccc3NC(=O)c3ccncc3)cc12. The third kappa shape index (κ3) is 4.41. The predicted octanol–water partition coefficient (Wildman–Crippen LogP) is 4.75. The van der Waals surface area contributed by atoms with Gasteiger partial charge < -0.3 is 10.6 Å². The van der Waals surface area contributed by atoms with Crippen LogP contribution in [0.3, 0.4) is 0 Å². The summed E-state index contributed by atoms with van der Waals surface area (Å²) in [6, 6.07) is 16.9. The van der Waals surface area contributed by atoms with E-state index in [2.05, 4.69) is 25.7 Å². The van der Waals surface area contributed by atoms with Gasteiger partial charge in [-0.05, 0) is 42.1 Å². The molecule has 0 saturated carbocycles. The lowest BCUT2D eigenvalue weighted by Gasteiger charge is -2.08. The van der Waals surface area contributed by atoms with Crippen LogP contribution in [0.5, 0.6) is 0 Å². The number of anilines is 2. The molecule has 8 nitrogen and oxygen atoms in total. The first kappa shape index (κ1) is 21.5. The molecule has 5 rings (SSSR count). The van der Waals surface area contributed by atoms with Gasteiger partial charge >= 0.3 is 0 Å². The number of carbonyl (C=O) groups is 2. The Bertz CT molecular complexity index is 1480. The summed E-state index contributed by atoms with van der Waals surface area (Å²) in [5, 5.41) is 12.9. The Labute approximate surface area is 199 Å². The first-order chi connectivity index (χ1) is 16.6. The number of benzene rings is 1. The third-order valence-electron chi connectivity index (χ3n) is 5.27. The molecule has 0 aliphatic heterocycles. The number of amides is 2. The number of aryl methyl sites for hydroxylation is 1. The summed E-state index contributed by atoms with van der Waals surface area (Å²) in [6.07, 6.45) is 4.71. The van der Waals surface area contributed by atoms with Crippen LogP contribution >= 0.6 is 11.3 Å². The van der Waals surface area contributed by atoms with Crippen molar-refractivity contribution in [3.8, 4) is 0 Å². The number of rotatable bonds is 6. The van der Waals surface area contributed by atoms with Crippen molar-refractivity contribution in [3.63, 3.8) is 0 Å². The summed E-state index contributed by atoms with van der Waals surface area (Å²) in [4.78, 5) is 34.3. The molecule has 1 aromatic carbocycles. The summed E-state index contributed by atoms with van der Waals surface area (Å²) < 4.78 is 1.86. The van der Waals surface area contributed by atoms with Crippen LogP contribution < -0.4 is 10.6 Å². The third-order valence-corrected chi connectivity index (χ3v) is 6.18. The summed E-state index contributed by atoms with van der Waals surface area (Å²) in [5.74, 6) is -0.630. The second-order valence-corrected chi connectivity index (χ2v) is 8.55. The van der Waals surface area contributed by atoms with Crippen molar-refractivity contribution < 1.29 is 9.59 Å². The van der Waals surface area contributed by atoms with Gasteiger partial charge in [0.1, 0.15) is 4.88 Å². The lowest BCUT2D eigenvalue weighted by Crippen LogP contribution is -2.16. The van der Waals surface area contributed by atoms with E-state index in [0.717, 1.165) is 22.3 Å². The molecule has 4 heterocycles. The molecule has 168 valence electrons. The summed E-state index contributed by atoms with van der Waals surface area (Å²) >= 11 is 1.25. The molecule has 0 fully saturated rings. The van der Waals surface area contributed by atoms with Gasteiger partial charge in [-0.3, -0.25) is 14.6 Å². The van der Waals surface area contributed by atoms with Gasteiger partial charge in [0.05, 0.1) is 29.8 Å². The second kappa shape index (κ2) is 9.24. The molecule has 0 bridgehead atoms. The number of pyridine rings is 2. The number of carbonyl (C=O) groups excluding carboxylic acids is 2. The van der Waals surface area contributed by atoms with Crippen LogP contribution in [0, 0.1) is 6.92 Å². The molecule has 0 radical (unpaired) electrons. The molecule has 0 atom stereocenters. The maximum atomic E-state index is 13.0. The molecule has 2 N–H and O–H groups in total. The molecular weight excluding hydrogens is 448 g/mol. The van der Waals surface area contributed by atoms with E-state index in [4.69, 9.17) is 0 Å². The van der Waals surface area contributed by atoms with Gasteiger partial charge in [-0.25, -0.2) is 9.67 Å². The van der Waals surface area contributed by atoms with Crippen molar-refractivity contribution in [3.05, 3.63) is 100 Å². The van der Waals surface area contributed by atoms with Crippen molar-refractivity contribution in [2.75, 3.05) is 10.6 Å². The van der Waals surface area contributed by atoms with Crippen molar-refractivity contribution in [1.82, 2.24) is 19.7 Å². The van der Waals surface area contributed by atoms with E-state index in [1.807, 2.05) is 48.0 Å². The van der Waals surface area contributed by atoms with Crippen molar-refractivity contribution in [1.29, 1.82) is 0 Å². The second-order valence-electron chi connectivity index (χ2n) is 7.63. The molecule has 2 amide bonds. The van der Waals surface area contributed by atoms with Crippen molar-refractivity contribution >= 4 is 45.6 Å². The summed E-state index contributed by atoms with van der Waals surface area (Å²) in [6.45, 7) is 2.53. The standard InChI is InChI=1S/C25H20N6O2S/c1-16-20-13-19(14-27-23(20)31(30-16)15-17-5-3-2-4-6-17)28-25(33)22-21(9-12-34-22)29-24(32)18-7-10-26-11-8-18/h2-14H,15H2,1H3,(H,28,33)(H,29,32). The zero-order chi connectivity index (χ0) is 23.5. The Morgan fingerprint density at radius 1 is 1.00 bits per heavy atom. The first-order valence-electron chi connectivity index (χ1n) is 10.6. The largest absolute Gasteiger partial charge is 0.320 e. The van der Waals surface area contributed by atoms with Crippen molar-refractivity contribution in [2.45, 2.75) is 13.5 Å². The monoisotopic (exact) mass is 468 g/mol. The van der Waals surface area contributed by atoms with Crippen LogP contribution in [-0.4, -0.2) is 31.6 Å². The van der Waals surface area contributed by atoms with E-state index >= 15 is 0 Å². The Kier molecular flexibility index (Phi) is 5.84. The number of aromatic nitrogens is 4. The van der Waals surface area contributed by atoms with Gasteiger partial charge in [0.2, 0.25) is 0 Å². The fraction of sp³-hybridized carbons (Fsp3) is 0.0800. The van der Waals surface area contributed by atoms with E-state index in [9.17, 15) is 9.59 Å². The molecule has 34 heavy (non-hydrogen) atoms. The van der Waals surface area contributed by atoms with Gasteiger partial charge in [-0.2, -0.15) is 5.10 Å². The summed E-state index contributed by atoms with van der Waals surface area (Å²) in [5.41, 5.74) is 4.18. The molecule has 0 saturated heterocycles. The maximum Gasteiger partial charge on any atom is 0.267 e. The number of hydrogen-bond acceptors (Lipinski definition) is 6. The first-order valence-corrected chi connectivity index (χ1v) is 11.4. The molecule has 0 spiro atoms. The zero-order valence-corrected chi connectivity index (χ0v) is 19.0. The van der Waals surface area contributed by atoms with Crippen LogP contribution in [0.25, 0.3) is 11.0 Å². The van der Waals surface area contributed by atoms with E-state index < -0.39 is 0 Å². The fourth-order valence-electron chi connectivity index (χ4n) is 3.62. The van der Waals surface area contributed by atoms with Gasteiger partial charge in [-0.15, -0.1) is 11.3 Å². The van der Waals surface area contributed by atoms with E-state index in [-0.39, 0.29) is 11.8 Å². The molecule has 0 unspecified atom stereocenters. The number of fused-ring (bicyclic) bond motifs is 1. The topological polar surface area (TPSA) is 102 Å². The average molecular weight is 469 g/mol. The quantitative estimate of drug-likeness (QED) is 0.374. The van der Waals surface area contributed by atoms with Gasteiger partial charge in [0, 0.05) is 23.3 Å². The minimum Gasteiger partial charge on any atom is -0.320 e. The highest BCUT2D eigenvalue weighted by Gasteiger charge is 2.17. The van der Waals surface area contributed by atoms with Crippen LogP contribution in [0.2, 0.25) is 0 Å². The lowest BCUT2D eigenvalue weighted by atomic mass is 10.2. The Hall–Kier alpha value is -4.37. The van der Waals surface area contributed by atoms with Gasteiger partial charge in [0.15, 0.2) is 5.65 Å². The fourth-order valence-corrected chi connectivity index (χ4v) is 4.36. The number of thiophene rings is 1. The normalized spacial score (nSPS) is 10.9. The van der Waals surface area contributed by atoms with Crippen LogP contribution in [0.15, 0.2) is 78.6 Å². The number of hydrogen-bond donors (Lipinski definition) is 2.